The number of aliphatic imine (C=N–C) groups is 1. The minimum absolute atomic E-state index is 0. The predicted molar refractivity (Wildman–Crippen MR) is 134 cm³/mol. The largest absolute Gasteiger partial charge is 0.491 e. The first-order valence-corrected chi connectivity index (χ1v) is 9.97. The molecule has 0 spiro atoms. The average Bonchev–Trinajstić information content (AvgIpc) is 2.70. The molecular formula is C23H33IN4O2. The van der Waals surface area contributed by atoms with Crippen LogP contribution in [0.3, 0.4) is 0 Å². The molecule has 0 aliphatic heterocycles. The van der Waals surface area contributed by atoms with Crippen LogP contribution in [0, 0.1) is 0 Å². The quantitative estimate of drug-likeness (QED) is 0.311. The first-order chi connectivity index (χ1) is 13.9. The van der Waals surface area contributed by atoms with Gasteiger partial charge in [-0.1, -0.05) is 24.3 Å². The second-order valence-corrected chi connectivity index (χ2v) is 7.26. The molecule has 0 heterocycles. The van der Waals surface area contributed by atoms with Crippen LogP contribution < -0.4 is 15.4 Å². The van der Waals surface area contributed by atoms with Gasteiger partial charge in [-0.05, 0) is 56.2 Å². The van der Waals surface area contributed by atoms with Gasteiger partial charge in [0.05, 0.1) is 12.6 Å². The van der Waals surface area contributed by atoms with Gasteiger partial charge in [0, 0.05) is 32.7 Å². The second-order valence-electron chi connectivity index (χ2n) is 7.26. The lowest BCUT2D eigenvalue weighted by Gasteiger charge is -2.13. The van der Waals surface area contributed by atoms with Crippen LogP contribution >= 0.6 is 24.0 Å². The lowest BCUT2D eigenvalue weighted by molar-refractivity contribution is 0.0827. The molecule has 0 aliphatic carbocycles. The highest BCUT2D eigenvalue weighted by Gasteiger charge is 2.07. The zero-order valence-electron chi connectivity index (χ0n) is 18.4. The summed E-state index contributed by atoms with van der Waals surface area (Å²) in [5.74, 6) is 1.63. The number of amides is 1. The molecule has 0 bridgehead atoms. The molecule has 2 rings (SSSR count). The number of nitrogens with zero attached hydrogens (tertiary/aromatic N) is 2. The van der Waals surface area contributed by atoms with E-state index in [0.29, 0.717) is 18.7 Å². The van der Waals surface area contributed by atoms with Crippen molar-refractivity contribution in [2.24, 2.45) is 4.99 Å². The zero-order valence-corrected chi connectivity index (χ0v) is 20.8. The van der Waals surface area contributed by atoms with E-state index < -0.39 is 0 Å². The van der Waals surface area contributed by atoms with E-state index in [-0.39, 0.29) is 36.0 Å². The summed E-state index contributed by atoms with van der Waals surface area (Å²) in [4.78, 5) is 18.2. The standard InChI is InChI=1S/C23H32N4O2.HI/c1-6-24-23(26-16-19-9-13-21(14-10-19)29-17(2)3)25-15-18-7-11-20(12-8-18)22(28)27(4)5;/h7-14,17H,6,15-16H2,1-5H3,(H2,24,25,26);1H. The molecule has 0 atom stereocenters. The molecule has 0 aliphatic rings. The Morgan fingerprint density at radius 2 is 1.60 bits per heavy atom. The summed E-state index contributed by atoms with van der Waals surface area (Å²) in [6, 6.07) is 15.6. The Bertz CT molecular complexity index is 803. The van der Waals surface area contributed by atoms with Crippen LogP contribution in [0.15, 0.2) is 53.5 Å². The Morgan fingerprint density at radius 1 is 1.00 bits per heavy atom. The lowest BCUT2D eigenvalue weighted by Crippen LogP contribution is -2.36. The van der Waals surface area contributed by atoms with Crippen LogP contribution in [-0.4, -0.2) is 43.5 Å². The number of benzene rings is 2. The maximum atomic E-state index is 12.0. The van der Waals surface area contributed by atoms with Crippen molar-refractivity contribution in [3.05, 3.63) is 65.2 Å². The molecule has 2 N–H and O–H groups in total. The SMILES string of the molecule is CCNC(=NCc1ccc(OC(C)C)cc1)NCc1ccc(C(=O)N(C)C)cc1.I. The Labute approximate surface area is 197 Å². The summed E-state index contributed by atoms with van der Waals surface area (Å²) in [5, 5.41) is 6.59. The number of halogens is 1. The summed E-state index contributed by atoms with van der Waals surface area (Å²) in [5.41, 5.74) is 2.88. The summed E-state index contributed by atoms with van der Waals surface area (Å²) < 4.78 is 5.67. The molecule has 0 saturated carbocycles. The molecule has 6 nitrogen and oxygen atoms in total. The number of carbonyl (C=O) groups excluding carboxylic acids is 1. The lowest BCUT2D eigenvalue weighted by atomic mass is 10.1. The van der Waals surface area contributed by atoms with Crippen LogP contribution in [0.2, 0.25) is 0 Å². The van der Waals surface area contributed by atoms with Crippen LogP contribution in [0.5, 0.6) is 5.75 Å². The molecule has 0 aromatic heterocycles. The van der Waals surface area contributed by atoms with Crippen molar-refractivity contribution < 1.29 is 9.53 Å². The Hall–Kier alpha value is -2.29. The fraction of sp³-hybridized carbons (Fsp3) is 0.391. The van der Waals surface area contributed by atoms with Gasteiger partial charge in [0.25, 0.3) is 5.91 Å². The van der Waals surface area contributed by atoms with Gasteiger partial charge in [-0.15, -0.1) is 24.0 Å². The minimum atomic E-state index is 0. The van der Waals surface area contributed by atoms with E-state index in [2.05, 4.69) is 15.6 Å². The molecule has 0 fully saturated rings. The highest BCUT2D eigenvalue weighted by Crippen LogP contribution is 2.14. The van der Waals surface area contributed by atoms with Gasteiger partial charge in [-0.25, -0.2) is 4.99 Å². The van der Waals surface area contributed by atoms with E-state index in [1.807, 2.05) is 69.3 Å². The summed E-state index contributed by atoms with van der Waals surface area (Å²) in [6.07, 6.45) is 0.165. The molecule has 164 valence electrons. The molecule has 7 heteroatoms. The predicted octanol–water partition coefficient (Wildman–Crippen LogP) is 4.05. The summed E-state index contributed by atoms with van der Waals surface area (Å²) in [7, 11) is 3.50. The Kier molecular flexibility index (Phi) is 11.2. The maximum absolute atomic E-state index is 12.0. The van der Waals surface area contributed by atoms with E-state index >= 15 is 0 Å². The van der Waals surface area contributed by atoms with Gasteiger partial charge in [0.15, 0.2) is 5.96 Å². The number of ether oxygens (including phenoxy) is 1. The van der Waals surface area contributed by atoms with E-state index in [0.717, 1.165) is 29.4 Å². The van der Waals surface area contributed by atoms with E-state index in [1.54, 1.807) is 19.0 Å². The van der Waals surface area contributed by atoms with Crippen LogP contribution in [0.25, 0.3) is 0 Å². The first kappa shape index (κ1) is 25.7. The van der Waals surface area contributed by atoms with Crippen molar-refractivity contribution in [3.63, 3.8) is 0 Å². The molecule has 1 amide bonds. The Balaban J connectivity index is 0.00000450. The molecule has 0 saturated heterocycles. The van der Waals surface area contributed by atoms with Crippen LogP contribution in [0.4, 0.5) is 0 Å². The van der Waals surface area contributed by atoms with Crippen molar-refractivity contribution in [1.29, 1.82) is 0 Å². The zero-order chi connectivity index (χ0) is 21.2. The third-order valence-corrected chi connectivity index (χ3v) is 4.13. The number of guanidine groups is 1. The average molecular weight is 524 g/mol. The smallest absolute Gasteiger partial charge is 0.253 e. The number of rotatable bonds is 8. The van der Waals surface area contributed by atoms with E-state index in [1.165, 1.54) is 0 Å². The van der Waals surface area contributed by atoms with Crippen LogP contribution in [0.1, 0.15) is 42.3 Å². The minimum Gasteiger partial charge on any atom is -0.491 e. The molecule has 2 aromatic rings. The fourth-order valence-corrected chi connectivity index (χ4v) is 2.67. The topological polar surface area (TPSA) is 66.0 Å². The van der Waals surface area contributed by atoms with E-state index in [9.17, 15) is 4.79 Å². The number of nitrogens with one attached hydrogen (secondary N) is 2. The number of hydrogen-bond donors (Lipinski definition) is 2. The van der Waals surface area contributed by atoms with Crippen LogP contribution in [-0.2, 0) is 13.1 Å². The highest BCUT2D eigenvalue weighted by atomic mass is 127. The van der Waals surface area contributed by atoms with Gasteiger partial charge >= 0.3 is 0 Å². The van der Waals surface area contributed by atoms with Gasteiger partial charge in [0.2, 0.25) is 0 Å². The summed E-state index contributed by atoms with van der Waals surface area (Å²) >= 11 is 0. The van der Waals surface area contributed by atoms with Gasteiger partial charge < -0.3 is 20.3 Å². The molecule has 0 unspecified atom stereocenters. The van der Waals surface area contributed by atoms with Crippen molar-refractivity contribution in [3.8, 4) is 5.75 Å². The van der Waals surface area contributed by atoms with Crippen molar-refractivity contribution in [2.75, 3.05) is 20.6 Å². The van der Waals surface area contributed by atoms with Crippen molar-refractivity contribution >= 4 is 35.8 Å². The molecule has 2 aromatic carbocycles. The highest BCUT2D eigenvalue weighted by molar-refractivity contribution is 14.0. The molecule has 30 heavy (non-hydrogen) atoms. The third kappa shape index (κ3) is 8.61. The maximum Gasteiger partial charge on any atom is 0.253 e. The fourth-order valence-electron chi connectivity index (χ4n) is 2.67. The van der Waals surface area contributed by atoms with Crippen molar-refractivity contribution in [2.45, 2.75) is 40.0 Å². The summed E-state index contributed by atoms with van der Waals surface area (Å²) in [6.45, 7) is 8.05. The Morgan fingerprint density at radius 3 is 2.13 bits per heavy atom. The molecule has 0 radical (unpaired) electrons. The normalized spacial score (nSPS) is 10.9. The monoisotopic (exact) mass is 524 g/mol. The first-order valence-electron chi connectivity index (χ1n) is 9.97. The second kappa shape index (κ2) is 13.1. The van der Waals surface area contributed by atoms with E-state index in [4.69, 9.17) is 4.74 Å². The number of hydrogen-bond acceptors (Lipinski definition) is 3. The van der Waals surface area contributed by atoms with Gasteiger partial charge in [-0.2, -0.15) is 0 Å². The van der Waals surface area contributed by atoms with Gasteiger partial charge in [0.1, 0.15) is 5.75 Å². The van der Waals surface area contributed by atoms with Crippen molar-refractivity contribution in [1.82, 2.24) is 15.5 Å². The third-order valence-electron chi connectivity index (χ3n) is 4.13. The molecular weight excluding hydrogens is 491 g/mol. The van der Waals surface area contributed by atoms with Gasteiger partial charge in [-0.3, -0.25) is 4.79 Å². The number of carbonyl (C=O) groups is 1.